The first-order valence-electron chi connectivity index (χ1n) is 10.6. The fourth-order valence-electron chi connectivity index (χ4n) is 3.69. The molecule has 10 heteroatoms. The van der Waals surface area contributed by atoms with Crippen LogP contribution in [-0.2, 0) is 15.6 Å². The summed E-state index contributed by atoms with van der Waals surface area (Å²) in [6.45, 7) is 0. The average Bonchev–Trinajstić information content (AvgIpc) is 2.87. The van der Waals surface area contributed by atoms with E-state index >= 15 is 0 Å². The zero-order chi connectivity index (χ0) is 26.5. The number of carbonyl (C=O) groups is 1. The number of ether oxygens (including phenoxy) is 4. The Morgan fingerprint density at radius 2 is 1.50 bits per heavy atom. The lowest BCUT2D eigenvalue weighted by molar-refractivity contribution is 0.0697. The van der Waals surface area contributed by atoms with Gasteiger partial charge in [-0.25, -0.2) is 13.2 Å². The number of benzene rings is 3. The maximum Gasteiger partial charge on any atom is 0.336 e. The van der Waals surface area contributed by atoms with Gasteiger partial charge in [-0.2, -0.15) is 0 Å². The van der Waals surface area contributed by atoms with E-state index < -0.39 is 21.6 Å². The largest absolute Gasteiger partial charge is 0.496 e. The van der Waals surface area contributed by atoms with Crippen LogP contribution in [0.4, 0.5) is 5.69 Å². The summed E-state index contributed by atoms with van der Waals surface area (Å²) in [6.07, 6.45) is 1.35. The summed E-state index contributed by atoms with van der Waals surface area (Å²) in [7, 11) is 1.97. The number of carboxylic acid groups (broad SMARTS) is 1. The molecule has 3 N–H and O–H groups in total. The monoisotopic (exact) mass is 513 g/mol. The summed E-state index contributed by atoms with van der Waals surface area (Å²) in [4.78, 5) is 12.0. The number of hydrogen-bond acceptors (Lipinski definition) is 8. The summed E-state index contributed by atoms with van der Waals surface area (Å²) in [6, 6.07) is 12.8. The summed E-state index contributed by atoms with van der Waals surface area (Å²) in [5.41, 5.74) is 7.62. The van der Waals surface area contributed by atoms with Gasteiger partial charge in [0.25, 0.3) is 0 Å². The van der Waals surface area contributed by atoms with Gasteiger partial charge in [-0.3, -0.25) is 0 Å². The third-order valence-electron chi connectivity index (χ3n) is 5.46. The van der Waals surface area contributed by atoms with Crippen LogP contribution >= 0.6 is 0 Å². The first-order chi connectivity index (χ1) is 17.1. The molecule has 3 aromatic rings. The van der Waals surface area contributed by atoms with E-state index in [1.165, 1.54) is 46.6 Å². The van der Waals surface area contributed by atoms with Crippen molar-refractivity contribution in [1.82, 2.24) is 0 Å². The summed E-state index contributed by atoms with van der Waals surface area (Å²) >= 11 is 0. The molecule has 0 unspecified atom stereocenters. The molecule has 0 atom stereocenters. The molecule has 3 aromatic carbocycles. The number of nitrogen functional groups attached to an aromatic ring is 1. The molecule has 0 spiro atoms. The van der Waals surface area contributed by atoms with E-state index in [-0.39, 0.29) is 16.8 Å². The van der Waals surface area contributed by atoms with E-state index in [0.717, 1.165) is 5.41 Å². The van der Waals surface area contributed by atoms with Crippen molar-refractivity contribution in [1.29, 1.82) is 0 Å². The second kappa shape index (κ2) is 11.0. The zero-order valence-corrected chi connectivity index (χ0v) is 21.1. The average molecular weight is 514 g/mol. The predicted molar refractivity (Wildman–Crippen MR) is 138 cm³/mol. The normalized spacial score (nSPS) is 11.3. The molecule has 0 aliphatic carbocycles. The quantitative estimate of drug-likeness (QED) is 0.381. The lowest BCUT2D eigenvalue weighted by Gasteiger charge is -2.15. The number of hydrogen-bond donors (Lipinski definition) is 2. The molecule has 0 fully saturated rings. The topological polar surface area (TPSA) is 134 Å². The smallest absolute Gasteiger partial charge is 0.336 e. The Hall–Kier alpha value is -4.18. The number of methoxy groups -OCH3 is 4. The molecule has 0 aliphatic rings. The van der Waals surface area contributed by atoms with Crippen molar-refractivity contribution in [3.05, 3.63) is 70.6 Å². The first kappa shape index (κ1) is 26.4. The summed E-state index contributed by atoms with van der Waals surface area (Å²) in [5, 5.41) is 10.8. The zero-order valence-electron chi connectivity index (χ0n) is 20.3. The highest BCUT2D eigenvalue weighted by Gasteiger charge is 2.21. The highest BCUT2D eigenvalue weighted by Crippen LogP contribution is 2.37. The van der Waals surface area contributed by atoms with Gasteiger partial charge in [-0.1, -0.05) is 18.2 Å². The second-order valence-electron chi connectivity index (χ2n) is 7.66. The van der Waals surface area contributed by atoms with E-state index in [2.05, 4.69) is 0 Å². The number of aromatic carboxylic acids is 1. The molecule has 0 bridgehead atoms. The molecular formula is C26H27NO8S. The Kier molecular flexibility index (Phi) is 8.11. The van der Waals surface area contributed by atoms with Crippen LogP contribution in [0, 0.1) is 0 Å². The van der Waals surface area contributed by atoms with Gasteiger partial charge in [0.05, 0.1) is 45.3 Å². The molecule has 190 valence electrons. The van der Waals surface area contributed by atoms with Gasteiger partial charge in [-0.05, 0) is 29.8 Å². The fourth-order valence-corrected chi connectivity index (χ4v) is 4.81. The van der Waals surface area contributed by atoms with Crippen LogP contribution in [0.3, 0.4) is 0 Å². The Bertz CT molecular complexity index is 1390. The van der Waals surface area contributed by atoms with Gasteiger partial charge in [0, 0.05) is 34.4 Å². The highest BCUT2D eigenvalue weighted by atomic mass is 32.2. The lowest BCUT2D eigenvalue weighted by atomic mass is 9.96. The van der Waals surface area contributed by atoms with E-state index in [1.54, 1.807) is 36.4 Å². The Balaban J connectivity index is 2.01. The summed E-state index contributed by atoms with van der Waals surface area (Å²) < 4.78 is 47.2. The minimum atomic E-state index is -3.87. The van der Waals surface area contributed by atoms with Crippen LogP contribution in [-0.4, -0.2) is 47.9 Å². The van der Waals surface area contributed by atoms with Crippen molar-refractivity contribution in [2.75, 3.05) is 34.2 Å². The van der Waals surface area contributed by atoms with Crippen LogP contribution in [0.5, 0.6) is 23.0 Å². The Morgan fingerprint density at radius 1 is 0.889 bits per heavy atom. The van der Waals surface area contributed by atoms with E-state index in [0.29, 0.717) is 39.7 Å². The molecule has 0 heterocycles. The van der Waals surface area contributed by atoms with Crippen LogP contribution in [0.25, 0.3) is 17.2 Å². The third-order valence-corrected chi connectivity index (χ3v) is 6.72. The van der Waals surface area contributed by atoms with Crippen molar-refractivity contribution in [3.63, 3.8) is 0 Å². The number of sulfone groups is 1. The van der Waals surface area contributed by atoms with Crippen LogP contribution in [0.1, 0.15) is 21.5 Å². The molecule has 3 rings (SSSR count). The van der Waals surface area contributed by atoms with Gasteiger partial charge in [0.15, 0.2) is 9.84 Å². The standard InChI is InChI=1S/C26H27NO8S/c1-32-17-12-24(34-3)19(25(13-17)35-4)9-10-36(30,31)15-16-11-21(26(28)29)20(14-22(16)27)18-7-5-6-8-23(18)33-2/h5-14H,15,27H2,1-4H3,(H,28,29)/b10-9+. The van der Waals surface area contributed by atoms with Crippen molar-refractivity contribution in [2.24, 2.45) is 0 Å². The van der Waals surface area contributed by atoms with Gasteiger partial charge in [0.1, 0.15) is 23.0 Å². The van der Waals surface area contributed by atoms with Crippen LogP contribution in [0.2, 0.25) is 0 Å². The number of nitrogens with two attached hydrogens (primary N) is 1. The number of anilines is 1. The molecular weight excluding hydrogens is 486 g/mol. The number of carboxylic acids is 1. The van der Waals surface area contributed by atoms with E-state index in [1.807, 2.05) is 0 Å². The molecule has 0 aliphatic heterocycles. The van der Waals surface area contributed by atoms with Gasteiger partial charge in [-0.15, -0.1) is 0 Å². The van der Waals surface area contributed by atoms with E-state index in [4.69, 9.17) is 24.7 Å². The van der Waals surface area contributed by atoms with Crippen LogP contribution < -0.4 is 24.7 Å². The molecule has 0 saturated carbocycles. The SMILES string of the molecule is COc1cc(OC)c(/C=C/S(=O)(=O)Cc2cc(C(=O)O)c(-c3ccccc3OC)cc2N)c(OC)c1. The molecule has 0 saturated heterocycles. The molecule has 36 heavy (non-hydrogen) atoms. The van der Waals surface area contributed by atoms with Crippen molar-refractivity contribution >= 4 is 27.6 Å². The van der Waals surface area contributed by atoms with Crippen molar-refractivity contribution < 1.29 is 37.3 Å². The van der Waals surface area contributed by atoms with Crippen molar-refractivity contribution in [2.45, 2.75) is 5.75 Å². The minimum absolute atomic E-state index is 0.0960. The lowest BCUT2D eigenvalue weighted by Crippen LogP contribution is -2.08. The van der Waals surface area contributed by atoms with E-state index in [9.17, 15) is 18.3 Å². The minimum Gasteiger partial charge on any atom is -0.496 e. The van der Waals surface area contributed by atoms with Crippen molar-refractivity contribution in [3.8, 4) is 34.1 Å². The molecule has 0 radical (unpaired) electrons. The van der Waals surface area contributed by atoms with Gasteiger partial charge < -0.3 is 29.8 Å². The second-order valence-corrected chi connectivity index (χ2v) is 9.54. The van der Waals surface area contributed by atoms with Gasteiger partial charge in [0.2, 0.25) is 0 Å². The fraction of sp³-hybridized carbons (Fsp3) is 0.192. The molecule has 9 nitrogen and oxygen atoms in total. The third kappa shape index (κ3) is 5.72. The maximum atomic E-state index is 13.0. The number of para-hydroxylation sites is 1. The van der Waals surface area contributed by atoms with Gasteiger partial charge >= 0.3 is 5.97 Å². The highest BCUT2D eigenvalue weighted by molar-refractivity contribution is 7.93. The number of rotatable bonds is 10. The maximum absolute atomic E-state index is 13.0. The summed E-state index contributed by atoms with van der Waals surface area (Å²) in [5.74, 6) is -0.0866. The Labute approximate surface area is 209 Å². The molecule has 0 aromatic heterocycles. The predicted octanol–water partition coefficient (Wildman–Crippen LogP) is 4.25. The van der Waals surface area contributed by atoms with Crippen LogP contribution in [0.15, 0.2) is 53.9 Å². The molecule has 0 amide bonds. The Morgan fingerprint density at radius 3 is 2.06 bits per heavy atom. The first-order valence-corrected chi connectivity index (χ1v) is 12.4.